The Morgan fingerprint density at radius 3 is 2.52 bits per heavy atom. The zero-order chi connectivity index (χ0) is 19.4. The van der Waals surface area contributed by atoms with Crippen molar-refractivity contribution in [2.75, 3.05) is 23.7 Å². The Morgan fingerprint density at radius 1 is 1.04 bits per heavy atom. The second kappa shape index (κ2) is 7.56. The maximum Gasteiger partial charge on any atom is 0.272 e. The first-order valence-electron chi connectivity index (χ1n) is 7.99. The summed E-state index contributed by atoms with van der Waals surface area (Å²) in [4.78, 5) is 14.5. The molecular weight excluding hydrogens is 370 g/mol. The van der Waals surface area contributed by atoms with Gasteiger partial charge in [0.1, 0.15) is 5.82 Å². The van der Waals surface area contributed by atoms with Gasteiger partial charge in [-0.05, 0) is 24.3 Å². The molecule has 0 aliphatic rings. The number of hydrogen-bond donors (Lipinski definition) is 3. The molecule has 0 aliphatic heterocycles. The van der Waals surface area contributed by atoms with Crippen molar-refractivity contribution in [3.63, 3.8) is 0 Å². The maximum absolute atomic E-state index is 11.5. The van der Waals surface area contributed by atoms with E-state index < -0.39 is 14.9 Å². The molecule has 27 heavy (non-hydrogen) atoms. The number of hydrogen-bond acceptors (Lipinski definition) is 7. The quantitative estimate of drug-likeness (QED) is 0.321. The van der Waals surface area contributed by atoms with Crippen LogP contribution in [0.5, 0.6) is 0 Å². The van der Waals surface area contributed by atoms with Crippen LogP contribution in [0.1, 0.15) is 0 Å². The van der Waals surface area contributed by atoms with Crippen LogP contribution in [0, 0.1) is 10.1 Å². The van der Waals surface area contributed by atoms with Crippen LogP contribution in [0.25, 0.3) is 10.9 Å². The van der Waals surface area contributed by atoms with Crippen molar-refractivity contribution in [1.82, 2.24) is 4.98 Å². The molecule has 1 heterocycles. The summed E-state index contributed by atoms with van der Waals surface area (Å²) in [5.41, 5.74) is 0.807. The van der Waals surface area contributed by atoms with Gasteiger partial charge in [-0.2, -0.15) is 0 Å². The van der Waals surface area contributed by atoms with Crippen molar-refractivity contribution in [3.8, 4) is 0 Å². The lowest BCUT2D eigenvalue weighted by Crippen LogP contribution is -2.16. The number of aromatic nitrogens is 1. The van der Waals surface area contributed by atoms with Crippen LogP contribution < -0.4 is 15.8 Å². The number of primary sulfonamides is 1. The van der Waals surface area contributed by atoms with Crippen molar-refractivity contribution in [3.05, 3.63) is 64.7 Å². The standard InChI is InChI=1S/C17H17N5O4S/c18-27(25,26)15-10-13(9-14(11-15)22(23)24)19-7-8-20-17-6-5-12-3-1-2-4-16(12)21-17/h1-6,9-11,19H,7-8H2,(H,20,21)(H2,18,25,26). The van der Waals surface area contributed by atoms with Gasteiger partial charge in [0, 0.05) is 36.3 Å². The van der Waals surface area contributed by atoms with Gasteiger partial charge in [-0.1, -0.05) is 18.2 Å². The SMILES string of the molecule is NS(=O)(=O)c1cc(NCCNc2ccc3ccccc3n2)cc([N+](=O)[O-])c1. The predicted octanol–water partition coefficient (Wildman–Crippen LogP) is 2.31. The number of nitrogens with zero attached hydrogens (tertiary/aromatic N) is 2. The van der Waals surface area contributed by atoms with Gasteiger partial charge in [-0.25, -0.2) is 18.5 Å². The van der Waals surface area contributed by atoms with Crippen LogP contribution in [0.4, 0.5) is 17.2 Å². The Hall–Kier alpha value is -3.24. The monoisotopic (exact) mass is 387 g/mol. The van der Waals surface area contributed by atoms with E-state index in [2.05, 4.69) is 15.6 Å². The van der Waals surface area contributed by atoms with Gasteiger partial charge in [-0.15, -0.1) is 0 Å². The Labute approximate surface area is 155 Å². The van der Waals surface area contributed by atoms with E-state index in [1.54, 1.807) is 0 Å². The third kappa shape index (κ3) is 4.68. The lowest BCUT2D eigenvalue weighted by molar-refractivity contribution is -0.385. The summed E-state index contributed by atoms with van der Waals surface area (Å²) >= 11 is 0. The molecule has 0 radical (unpaired) electrons. The van der Waals surface area contributed by atoms with Gasteiger partial charge in [0.25, 0.3) is 5.69 Å². The smallest absolute Gasteiger partial charge is 0.272 e. The van der Waals surface area contributed by atoms with Gasteiger partial charge in [0.2, 0.25) is 10.0 Å². The minimum absolute atomic E-state index is 0.293. The van der Waals surface area contributed by atoms with Crippen molar-refractivity contribution in [2.45, 2.75) is 4.90 Å². The van der Waals surface area contributed by atoms with E-state index in [0.717, 1.165) is 17.0 Å². The van der Waals surface area contributed by atoms with Crippen LogP contribution in [0.3, 0.4) is 0 Å². The molecule has 0 saturated heterocycles. The van der Waals surface area contributed by atoms with Crippen LogP contribution in [0.15, 0.2) is 59.5 Å². The highest BCUT2D eigenvalue weighted by Gasteiger charge is 2.16. The van der Waals surface area contributed by atoms with Crippen LogP contribution in [-0.2, 0) is 10.0 Å². The molecule has 0 unspecified atom stereocenters. The summed E-state index contributed by atoms with van der Waals surface area (Å²) in [6.45, 7) is 0.860. The van der Waals surface area contributed by atoms with Crippen LogP contribution >= 0.6 is 0 Å². The van der Waals surface area contributed by atoms with Crippen molar-refractivity contribution < 1.29 is 13.3 Å². The summed E-state index contributed by atoms with van der Waals surface area (Å²) in [5.74, 6) is 0.694. The number of nitrogens with two attached hydrogens (primary N) is 1. The number of nitro groups is 1. The Morgan fingerprint density at radius 2 is 1.78 bits per heavy atom. The molecule has 9 nitrogen and oxygen atoms in total. The number of fused-ring (bicyclic) bond motifs is 1. The van der Waals surface area contributed by atoms with Gasteiger partial charge in [-0.3, -0.25) is 10.1 Å². The molecule has 0 aliphatic carbocycles. The molecule has 3 aromatic rings. The third-order valence-electron chi connectivity index (χ3n) is 3.79. The second-order valence-electron chi connectivity index (χ2n) is 5.76. The van der Waals surface area contributed by atoms with Crippen molar-refractivity contribution >= 4 is 38.1 Å². The zero-order valence-corrected chi connectivity index (χ0v) is 14.9. The largest absolute Gasteiger partial charge is 0.383 e. The number of nitrogens with one attached hydrogen (secondary N) is 2. The predicted molar refractivity (Wildman–Crippen MR) is 103 cm³/mol. The van der Waals surface area contributed by atoms with E-state index in [0.29, 0.717) is 24.6 Å². The van der Waals surface area contributed by atoms with E-state index in [9.17, 15) is 18.5 Å². The molecule has 1 aromatic heterocycles. The zero-order valence-electron chi connectivity index (χ0n) is 14.1. The molecule has 0 fully saturated rings. The van der Waals surface area contributed by atoms with Gasteiger partial charge >= 0.3 is 0 Å². The lowest BCUT2D eigenvalue weighted by Gasteiger charge is -2.10. The van der Waals surface area contributed by atoms with Crippen molar-refractivity contribution in [1.29, 1.82) is 0 Å². The summed E-state index contributed by atoms with van der Waals surface area (Å²) in [6, 6.07) is 15.0. The molecule has 140 valence electrons. The average Bonchev–Trinajstić information content (AvgIpc) is 2.64. The van der Waals surface area contributed by atoms with E-state index in [1.165, 1.54) is 12.1 Å². The number of sulfonamides is 1. The van der Waals surface area contributed by atoms with Gasteiger partial charge in [0.15, 0.2) is 0 Å². The lowest BCUT2D eigenvalue weighted by atomic mass is 10.2. The highest BCUT2D eigenvalue weighted by Crippen LogP contribution is 2.23. The normalized spacial score (nSPS) is 11.3. The van der Waals surface area contributed by atoms with E-state index in [-0.39, 0.29) is 10.6 Å². The fourth-order valence-corrected chi connectivity index (χ4v) is 3.09. The molecule has 0 bridgehead atoms. The fourth-order valence-electron chi connectivity index (χ4n) is 2.52. The number of non-ortho nitro benzene ring substituents is 1. The Balaban J connectivity index is 1.65. The molecule has 3 rings (SSSR count). The summed E-state index contributed by atoms with van der Waals surface area (Å²) in [7, 11) is -4.05. The first-order chi connectivity index (χ1) is 12.8. The molecular formula is C17H17N5O4S. The molecule has 10 heteroatoms. The number of pyridine rings is 1. The number of anilines is 2. The van der Waals surface area contributed by atoms with Crippen LogP contribution in [0.2, 0.25) is 0 Å². The van der Waals surface area contributed by atoms with E-state index in [1.807, 2.05) is 36.4 Å². The average molecular weight is 387 g/mol. The van der Waals surface area contributed by atoms with Crippen LogP contribution in [-0.4, -0.2) is 31.4 Å². The molecule has 0 amide bonds. The third-order valence-corrected chi connectivity index (χ3v) is 4.68. The topological polar surface area (TPSA) is 140 Å². The molecule has 2 aromatic carbocycles. The highest BCUT2D eigenvalue weighted by atomic mass is 32.2. The Kier molecular flexibility index (Phi) is 5.19. The summed E-state index contributed by atoms with van der Waals surface area (Å²) < 4.78 is 23.0. The Bertz CT molecular complexity index is 1100. The first-order valence-corrected chi connectivity index (χ1v) is 9.53. The van der Waals surface area contributed by atoms with Gasteiger partial charge in [0.05, 0.1) is 15.3 Å². The molecule has 0 atom stereocenters. The number of rotatable bonds is 7. The van der Waals surface area contributed by atoms with E-state index in [4.69, 9.17) is 5.14 Å². The molecule has 0 saturated carbocycles. The summed E-state index contributed by atoms with van der Waals surface area (Å²) in [6.07, 6.45) is 0. The number of para-hydroxylation sites is 1. The van der Waals surface area contributed by atoms with E-state index >= 15 is 0 Å². The minimum atomic E-state index is -4.05. The molecule has 4 N–H and O–H groups in total. The highest BCUT2D eigenvalue weighted by molar-refractivity contribution is 7.89. The van der Waals surface area contributed by atoms with Crippen molar-refractivity contribution in [2.24, 2.45) is 5.14 Å². The number of nitro benzene ring substituents is 1. The number of benzene rings is 2. The summed E-state index contributed by atoms with van der Waals surface area (Å²) in [5, 5.41) is 23.2. The fraction of sp³-hybridized carbons (Fsp3) is 0.118. The minimum Gasteiger partial charge on any atom is -0.383 e. The maximum atomic E-state index is 11.5. The van der Waals surface area contributed by atoms with Gasteiger partial charge < -0.3 is 10.6 Å². The first kappa shape index (κ1) is 18.5. The second-order valence-corrected chi connectivity index (χ2v) is 7.32. The molecule has 0 spiro atoms.